The molecule has 0 aliphatic heterocycles. The summed E-state index contributed by atoms with van der Waals surface area (Å²) in [5.74, 6) is 0.287. The van der Waals surface area contributed by atoms with Crippen molar-refractivity contribution in [2.75, 3.05) is 13.4 Å². The average Bonchev–Trinajstić information content (AvgIpc) is 2.24. The Bertz CT molecular complexity index is 394. The van der Waals surface area contributed by atoms with E-state index in [1.54, 1.807) is 18.2 Å². The molecule has 0 spiro atoms. The van der Waals surface area contributed by atoms with Crippen molar-refractivity contribution in [1.29, 1.82) is 0 Å². The first-order valence-corrected chi connectivity index (χ1v) is 5.83. The predicted octanol–water partition coefficient (Wildman–Crippen LogP) is 3.42. The molecule has 1 aromatic carbocycles. The molecule has 1 aromatic rings. The largest absolute Gasteiger partial charge is 0.467 e. The molecule has 0 radical (unpaired) electrons. The van der Waals surface area contributed by atoms with Gasteiger partial charge in [0.05, 0.1) is 6.10 Å². The van der Waals surface area contributed by atoms with Gasteiger partial charge in [-0.2, -0.15) is 13.2 Å². The summed E-state index contributed by atoms with van der Waals surface area (Å²) in [6, 6.07) is 4.83. The van der Waals surface area contributed by atoms with Gasteiger partial charge in [0.15, 0.2) is 6.79 Å². The van der Waals surface area contributed by atoms with Crippen LogP contribution in [0.25, 0.3) is 0 Å². The lowest BCUT2D eigenvalue weighted by Gasteiger charge is -2.14. The molecule has 1 atom stereocenters. The summed E-state index contributed by atoms with van der Waals surface area (Å²) in [5.41, 5.74) is 0.472. The maximum atomic E-state index is 11.8. The Kier molecular flexibility index (Phi) is 5.43. The van der Waals surface area contributed by atoms with Crippen LogP contribution in [0.2, 0.25) is 0 Å². The summed E-state index contributed by atoms with van der Waals surface area (Å²) >= 11 is 3.23. The minimum atomic E-state index is -4.38. The molecule has 1 unspecified atom stereocenters. The van der Waals surface area contributed by atoms with Crippen LogP contribution in [0.3, 0.4) is 0 Å². The second kappa shape index (κ2) is 6.40. The van der Waals surface area contributed by atoms with Gasteiger partial charge in [-0.3, -0.25) is 0 Å². The predicted molar refractivity (Wildman–Crippen MR) is 62.3 cm³/mol. The minimum absolute atomic E-state index is 0.287. The third kappa shape index (κ3) is 5.24. The first-order chi connectivity index (χ1) is 8.29. The lowest BCUT2D eigenvalue weighted by atomic mass is 10.1. The fourth-order valence-corrected chi connectivity index (χ4v) is 1.62. The lowest BCUT2D eigenvalue weighted by molar-refractivity contribution is -0.186. The summed E-state index contributed by atoms with van der Waals surface area (Å²) in [6.45, 7) is -0.362. The number of ether oxygens (including phenoxy) is 2. The molecule has 0 aromatic heterocycles. The van der Waals surface area contributed by atoms with Crippen molar-refractivity contribution in [3.8, 4) is 5.75 Å². The van der Waals surface area contributed by atoms with E-state index in [1.165, 1.54) is 6.92 Å². The van der Waals surface area contributed by atoms with E-state index in [9.17, 15) is 18.3 Å². The molecule has 1 N–H and O–H groups in total. The van der Waals surface area contributed by atoms with Crippen LogP contribution in [0.15, 0.2) is 22.7 Å². The van der Waals surface area contributed by atoms with Gasteiger partial charge >= 0.3 is 6.18 Å². The maximum Gasteiger partial charge on any atom is 0.411 e. The van der Waals surface area contributed by atoms with Crippen LogP contribution in [-0.4, -0.2) is 24.7 Å². The number of alkyl halides is 3. The van der Waals surface area contributed by atoms with Crippen molar-refractivity contribution in [1.82, 2.24) is 0 Å². The molecule has 0 saturated heterocycles. The van der Waals surface area contributed by atoms with Crippen molar-refractivity contribution in [2.24, 2.45) is 0 Å². The van der Waals surface area contributed by atoms with E-state index in [2.05, 4.69) is 20.7 Å². The Balaban J connectivity index is 2.57. The zero-order valence-corrected chi connectivity index (χ0v) is 11.1. The molecule has 0 aliphatic rings. The number of halogens is 4. The van der Waals surface area contributed by atoms with Crippen LogP contribution in [-0.2, 0) is 4.74 Å². The standard InChI is InChI=1S/C11H12BrF3O3/c1-7(16)9-4-8(12)2-3-10(9)18-6-17-5-11(13,14)15/h2-4,7,16H,5-6H2,1H3. The zero-order valence-electron chi connectivity index (χ0n) is 9.50. The molecule has 0 aliphatic carbocycles. The van der Waals surface area contributed by atoms with Gasteiger partial charge in [-0.05, 0) is 25.1 Å². The number of aliphatic hydroxyl groups excluding tert-OH is 1. The van der Waals surface area contributed by atoms with Crippen LogP contribution in [0.4, 0.5) is 13.2 Å². The van der Waals surface area contributed by atoms with Gasteiger partial charge in [-0.1, -0.05) is 15.9 Å². The normalized spacial score (nSPS) is 13.4. The van der Waals surface area contributed by atoms with Crippen molar-refractivity contribution in [2.45, 2.75) is 19.2 Å². The molecular weight excluding hydrogens is 317 g/mol. The summed E-state index contributed by atoms with van der Waals surface area (Å²) in [5, 5.41) is 9.49. The van der Waals surface area contributed by atoms with E-state index >= 15 is 0 Å². The number of aliphatic hydroxyl groups is 1. The Hall–Kier alpha value is -0.790. The first kappa shape index (κ1) is 15.3. The lowest BCUT2D eigenvalue weighted by Crippen LogP contribution is -2.19. The number of benzene rings is 1. The first-order valence-electron chi connectivity index (χ1n) is 5.04. The van der Waals surface area contributed by atoms with Crippen molar-refractivity contribution >= 4 is 15.9 Å². The summed E-state index contributed by atoms with van der Waals surface area (Å²) < 4.78 is 45.6. The Morgan fingerprint density at radius 1 is 1.39 bits per heavy atom. The molecule has 0 fully saturated rings. The van der Waals surface area contributed by atoms with E-state index in [0.717, 1.165) is 4.47 Å². The Morgan fingerprint density at radius 2 is 2.06 bits per heavy atom. The van der Waals surface area contributed by atoms with Gasteiger partial charge in [-0.25, -0.2) is 0 Å². The van der Waals surface area contributed by atoms with Gasteiger partial charge in [0.1, 0.15) is 12.4 Å². The molecule has 0 saturated carbocycles. The molecule has 102 valence electrons. The van der Waals surface area contributed by atoms with Crippen LogP contribution < -0.4 is 4.74 Å². The molecular formula is C11H12BrF3O3. The van der Waals surface area contributed by atoms with Crippen LogP contribution >= 0.6 is 15.9 Å². The summed E-state index contributed by atoms with van der Waals surface area (Å²) in [4.78, 5) is 0. The van der Waals surface area contributed by atoms with Crippen molar-refractivity contribution in [3.05, 3.63) is 28.2 Å². The molecule has 0 heterocycles. The van der Waals surface area contributed by atoms with Gasteiger partial charge in [0.2, 0.25) is 0 Å². The van der Waals surface area contributed by atoms with E-state index in [4.69, 9.17) is 4.74 Å². The van der Waals surface area contributed by atoms with Crippen LogP contribution in [0, 0.1) is 0 Å². The molecule has 1 rings (SSSR count). The molecule has 18 heavy (non-hydrogen) atoms. The van der Waals surface area contributed by atoms with Crippen molar-refractivity contribution < 1.29 is 27.8 Å². The molecule has 0 amide bonds. The molecule has 0 bridgehead atoms. The van der Waals surface area contributed by atoms with E-state index in [1.807, 2.05) is 0 Å². The second-order valence-corrected chi connectivity index (χ2v) is 4.50. The zero-order chi connectivity index (χ0) is 13.8. The molecule has 3 nitrogen and oxygen atoms in total. The Labute approximate surface area is 111 Å². The van der Waals surface area contributed by atoms with Gasteiger partial charge in [0.25, 0.3) is 0 Å². The highest BCUT2D eigenvalue weighted by Crippen LogP contribution is 2.28. The van der Waals surface area contributed by atoms with Gasteiger partial charge < -0.3 is 14.6 Å². The van der Waals surface area contributed by atoms with E-state index in [-0.39, 0.29) is 5.75 Å². The topological polar surface area (TPSA) is 38.7 Å². The smallest absolute Gasteiger partial charge is 0.411 e. The monoisotopic (exact) mass is 328 g/mol. The SMILES string of the molecule is CC(O)c1cc(Br)ccc1OCOCC(F)(F)F. The molecule has 7 heteroatoms. The third-order valence-electron chi connectivity index (χ3n) is 1.99. The number of rotatable bonds is 5. The highest BCUT2D eigenvalue weighted by molar-refractivity contribution is 9.10. The minimum Gasteiger partial charge on any atom is -0.467 e. The van der Waals surface area contributed by atoms with E-state index < -0.39 is 25.7 Å². The maximum absolute atomic E-state index is 11.8. The third-order valence-corrected chi connectivity index (χ3v) is 2.48. The average molecular weight is 329 g/mol. The summed E-state index contributed by atoms with van der Waals surface area (Å²) in [6.07, 6.45) is -5.17. The van der Waals surface area contributed by atoms with Gasteiger partial charge in [0, 0.05) is 10.0 Å². The van der Waals surface area contributed by atoms with E-state index in [0.29, 0.717) is 5.56 Å². The second-order valence-electron chi connectivity index (χ2n) is 3.58. The quantitative estimate of drug-likeness (QED) is 0.665. The van der Waals surface area contributed by atoms with Gasteiger partial charge in [-0.15, -0.1) is 0 Å². The van der Waals surface area contributed by atoms with Crippen LogP contribution in [0.1, 0.15) is 18.6 Å². The van der Waals surface area contributed by atoms with Crippen LogP contribution in [0.5, 0.6) is 5.75 Å². The van der Waals surface area contributed by atoms with Crippen molar-refractivity contribution in [3.63, 3.8) is 0 Å². The fraction of sp³-hybridized carbons (Fsp3) is 0.455. The number of hydrogen-bond acceptors (Lipinski definition) is 3. The summed E-state index contributed by atoms with van der Waals surface area (Å²) in [7, 11) is 0. The fourth-order valence-electron chi connectivity index (χ4n) is 1.24. The highest BCUT2D eigenvalue weighted by Gasteiger charge is 2.27. The number of hydrogen-bond donors (Lipinski definition) is 1. The Morgan fingerprint density at radius 3 is 2.61 bits per heavy atom. The highest BCUT2D eigenvalue weighted by atomic mass is 79.9.